The molecule has 1 aliphatic carbocycles. The van der Waals surface area contributed by atoms with Crippen LogP contribution in [0.2, 0.25) is 0 Å². The number of halogens is 1. The summed E-state index contributed by atoms with van der Waals surface area (Å²) < 4.78 is 19.3. The minimum absolute atomic E-state index is 0.0947. The molecule has 1 aromatic carbocycles. The normalized spacial score (nSPS) is 25.2. The van der Waals surface area contributed by atoms with E-state index in [1.54, 1.807) is 6.07 Å². The van der Waals surface area contributed by atoms with Crippen molar-refractivity contribution >= 4 is 5.78 Å². The Hall–Kier alpha value is -1.38. The average Bonchev–Trinajstić information content (AvgIpc) is 2.28. The summed E-state index contributed by atoms with van der Waals surface area (Å²) >= 11 is 0. The standard InChI is InChI=1S/C17H23FO2/c1-11-7-14(10-17(3,4)9-11)20-16-6-5-13(18)8-15(16)12(2)19/h5-6,8,11,14H,7,9-10H2,1-4H3. The van der Waals surface area contributed by atoms with Crippen molar-refractivity contribution in [2.24, 2.45) is 11.3 Å². The maximum absolute atomic E-state index is 13.3. The molecule has 2 unspecified atom stereocenters. The summed E-state index contributed by atoms with van der Waals surface area (Å²) in [5.41, 5.74) is 0.583. The molecular formula is C17H23FO2. The van der Waals surface area contributed by atoms with Crippen LogP contribution < -0.4 is 4.74 Å². The highest BCUT2D eigenvalue weighted by molar-refractivity contribution is 5.96. The van der Waals surface area contributed by atoms with E-state index in [0.717, 1.165) is 12.8 Å². The number of ether oxygens (including phenoxy) is 1. The van der Waals surface area contributed by atoms with E-state index in [4.69, 9.17) is 4.74 Å². The number of ketones is 1. The zero-order valence-electron chi connectivity index (χ0n) is 12.7. The first-order valence-electron chi connectivity index (χ1n) is 7.24. The summed E-state index contributed by atoms with van der Waals surface area (Å²) in [4.78, 5) is 11.6. The van der Waals surface area contributed by atoms with Gasteiger partial charge in [-0.05, 0) is 55.7 Å². The molecule has 20 heavy (non-hydrogen) atoms. The van der Waals surface area contributed by atoms with Gasteiger partial charge in [-0.15, -0.1) is 0 Å². The lowest BCUT2D eigenvalue weighted by Crippen LogP contribution is -2.34. The van der Waals surface area contributed by atoms with Crippen LogP contribution in [0.25, 0.3) is 0 Å². The molecule has 0 bridgehead atoms. The minimum Gasteiger partial charge on any atom is -0.490 e. The molecule has 1 fully saturated rings. The summed E-state index contributed by atoms with van der Waals surface area (Å²) in [6, 6.07) is 4.17. The third-order valence-electron chi connectivity index (χ3n) is 3.96. The Morgan fingerprint density at radius 2 is 2.05 bits per heavy atom. The van der Waals surface area contributed by atoms with Crippen LogP contribution in [0.3, 0.4) is 0 Å². The molecule has 0 amide bonds. The van der Waals surface area contributed by atoms with Gasteiger partial charge in [0.1, 0.15) is 11.6 Å². The second-order valence-corrected chi connectivity index (χ2v) is 6.85. The average molecular weight is 278 g/mol. The number of carbonyl (C=O) groups excluding carboxylic acids is 1. The van der Waals surface area contributed by atoms with Crippen molar-refractivity contribution in [1.29, 1.82) is 0 Å². The monoisotopic (exact) mass is 278 g/mol. The molecule has 0 N–H and O–H groups in total. The summed E-state index contributed by atoms with van der Waals surface area (Å²) in [5, 5.41) is 0. The number of benzene rings is 1. The van der Waals surface area contributed by atoms with Gasteiger partial charge in [-0.3, -0.25) is 4.79 Å². The van der Waals surface area contributed by atoms with Crippen molar-refractivity contribution in [2.45, 2.75) is 53.1 Å². The Balaban J connectivity index is 2.19. The lowest BCUT2D eigenvalue weighted by Gasteiger charge is -2.39. The fourth-order valence-electron chi connectivity index (χ4n) is 3.41. The highest BCUT2D eigenvalue weighted by Crippen LogP contribution is 2.40. The molecule has 0 aliphatic heterocycles. The largest absolute Gasteiger partial charge is 0.490 e. The number of carbonyl (C=O) groups is 1. The number of rotatable bonds is 3. The Bertz CT molecular complexity index is 508. The van der Waals surface area contributed by atoms with Gasteiger partial charge in [-0.25, -0.2) is 4.39 Å². The first-order valence-corrected chi connectivity index (χ1v) is 7.24. The molecule has 2 nitrogen and oxygen atoms in total. The number of hydrogen-bond acceptors (Lipinski definition) is 2. The fourth-order valence-corrected chi connectivity index (χ4v) is 3.41. The van der Waals surface area contributed by atoms with Crippen molar-refractivity contribution in [3.63, 3.8) is 0 Å². The Morgan fingerprint density at radius 1 is 1.35 bits per heavy atom. The van der Waals surface area contributed by atoms with Gasteiger partial charge < -0.3 is 4.74 Å². The van der Waals surface area contributed by atoms with Crippen LogP contribution in [0.4, 0.5) is 4.39 Å². The number of Topliss-reactive ketones (excluding diaryl/α,β-unsaturated/α-hetero) is 1. The van der Waals surface area contributed by atoms with Crippen molar-refractivity contribution in [3.05, 3.63) is 29.6 Å². The fraction of sp³-hybridized carbons (Fsp3) is 0.588. The van der Waals surface area contributed by atoms with Crippen molar-refractivity contribution in [1.82, 2.24) is 0 Å². The van der Waals surface area contributed by atoms with Gasteiger partial charge in [0.25, 0.3) is 0 Å². The Morgan fingerprint density at radius 3 is 2.65 bits per heavy atom. The smallest absolute Gasteiger partial charge is 0.163 e. The summed E-state index contributed by atoms with van der Waals surface area (Å²) in [7, 11) is 0. The second kappa shape index (κ2) is 5.55. The molecular weight excluding hydrogens is 255 g/mol. The van der Waals surface area contributed by atoms with E-state index in [0.29, 0.717) is 17.2 Å². The second-order valence-electron chi connectivity index (χ2n) is 6.85. The third kappa shape index (κ3) is 3.59. The predicted octanol–water partition coefficient (Wildman–Crippen LogP) is 4.62. The van der Waals surface area contributed by atoms with Gasteiger partial charge in [0.15, 0.2) is 5.78 Å². The molecule has 2 rings (SSSR count). The Labute approximate surface area is 120 Å². The zero-order chi connectivity index (χ0) is 14.9. The van der Waals surface area contributed by atoms with E-state index in [1.807, 2.05) is 0 Å². The summed E-state index contributed by atoms with van der Waals surface area (Å²) in [5.74, 6) is 0.543. The predicted molar refractivity (Wildman–Crippen MR) is 77.6 cm³/mol. The lowest BCUT2D eigenvalue weighted by molar-refractivity contribution is 0.0554. The van der Waals surface area contributed by atoms with E-state index < -0.39 is 5.82 Å². The van der Waals surface area contributed by atoms with Gasteiger partial charge >= 0.3 is 0 Å². The molecule has 0 aromatic heterocycles. The maximum atomic E-state index is 13.3. The SMILES string of the molecule is CC(=O)c1cc(F)ccc1OC1CC(C)CC(C)(C)C1. The van der Waals surface area contributed by atoms with Gasteiger partial charge in [-0.1, -0.05) is 20.8 Å². The highest BCUT2D eigenvalue weighted by Gasteiger charge is 2.33. The van der Waals surface area contributed by atoms with E-state index in [1.165, 1.54) is 25.5 Å². The van der Waals surface area contributed by atoms with Crippen LogP contribution in [0.5, 0.6) is 5.75 Å². The molecule has 2 atom stereocenters. The van der Waals surface area contributed by atoms with Gasteiger partial charge in [0, 0.05) is 0 Å². The van der Waals surface area contributed by atoms with Crippen molar-refractivity contribution < 1.29 is 13.9 Å². The van der Waals surface area contributed by atoms with Crippen LogP contribution >= 0.6 is 0 Å². The van der Waals surface area contributed by atoms with Crippen LogP contribution in [-0.2, 0) is 0 Å². The molecule has 0 radical (unpaired) electrons. The molecule has 0 spiro atoms. The highest BCUT2D eigenvalue weighted by atomic mass is 19.1. The minimum atomic E-state index is -0.403. The van der Waals surface area contributed by atoms with Crippen molar-refractivity contribution in [3.8, 4) is 5.75 Å². The number of hydrogen-bond donors (Lipinski definition) is 0. The maximum Gasteiger partial charge on any atom is 0.163 e. The van der Waals surface area contributed by atoms with E-state index in [-0.39, 0.29) is 17.3 Å². The van der Waals surface area contributed by atoms with Crippen molar-refractivity contribution in [2.75, 3.05) is 0 Å². The molecule has 1 saturated carbocycles. The third-order valence-corrected chi connectivity index (χ3v) is 3.96. The van der Waals surface area contributed by atoms with Gasteiger partial charge in [-0.2, -0.15) is 0 Å². The molecule has 3 heteroatoms. The Kier molecular flexibility index (Phi) is 4.17. The van der Waals surface area contributed by atoms with E-state index in [2.05, 4.69) is 20.8 Å². The summed E-state index contributed by atoms with van der Waals surface area (Å²) in [6.07, 6.45) is 3.23. The van der Waals surface area contributed by atoms with Crippen LogP contribution in [0.1, 0.15) is 57.3 Å². The van der Waals surface area contributed by atoms with Crippen LogP contribution in [-0.4, -0.2) is 11.9 Å². The zero-order valence-corrected chi connectivity index (χ0v) is 12.7. The lowest BCUT2D eigenvalue weighted by atomic mass is 9.71. The van der Waals surface area contributed by atoms with E-state index >= 15 is 0 Å². The first kappa shape index (κ1) is 15.0. The van der Waals surface area contributed by atoms with Crippen LogP contribution in [0.15, 0.2) is 18.2 Å². The molecule has 1 aliphatic rings. The topological polar surface area (TPSA) is 26.3 Å². The molecule has 0 heterocycles. The van der Waals surface area contributed by atoms with Gasteiger partial charge in [0.2, 0.25) is 0 Å². The molecule has 1 aromatic rings. The van der Waals surface area contributed by atoms with Crippen LogP contribution in [0, 0.1) is 17.2 Å². The first-order chi connectivity index (χ1) is 9.27. The summed E-state index contributed by atoms with van der Waals surface area (Å²) in [6.45, 7) is 8.16. The van der Waals surface area contributed by atoms with Gasteiger partial charge in [0.05, 0.1) is 11.7 Å². The molecule has 110 valence electrons. The molecule has 0 saturated heterocycles. The quantitative estimate of drug-likeness (QED) is 0.754. The van der Waals surface area contributed by atoms with E-state index in [9.17, 15) is 9.18 Å².